The number of hydrogen-bond acceptors (Lipinski definition) is 1. The van der Waals surface area contributed by atoms with Crippen LogP contribution in [0.15, 0.2) is 48.8 Å². The molecule has 1 radical (unpaired) electrons. The normalized spacial score (nSPS) is 10.6. The van der Waals surface area contributed by atoms with E-state index in [0.29, 0.717) is 5.56 Å². The first-order valence-electron chi connectivity index (χ1n) is 4.43. The van der Waals surface area contributed by atoms with Crippen molar-refractivity contribution in [2.75, 3.05) is 0 Å². The fraction of sp³-hybridized carbons (Fsp3) is 0.0833. The van der Waals surface area contributed by atoms with Gasteiger partial charge < -0.3 is 0 Å². The van der Waals surface area contributed by atoms with E-state index in [4.69, 9.17) is 0 Å². The zero-order valence-corrected chi connectivity index (χ0v) is 9.29. The van der Waals surface area contributed by atoms with Gasteiger partial charge in [0.1, 0.15) is 8.07 Å². The van der Waals surface area contributed by atoms with Gasteiger partial charge in [0.05, 0.1) is 0 Å². The van der Waals surface area contributed by atoms with Gasteiger partial charge in [-0.05, 0) is 5.19 Å². The summed E-state index contributed by atoms with van der Waals surface area (Å²) in [7, 11) is -1.87. The summed E-state index contributed by atoms with van der Waals surface area (Å²) in [5, 5.41) is 1.03. The standard InChI is InChI=1S/C12H13OSi/c1-4-14(3,5-2)12-9-7-6-8-11(12)10-13/h4-9H,1-2H2,3H3. The Bertz CT molecular complexity index is 360. The van der Waals surface area contributed by atoms with Crippen molar-refractivity contribution in [2.45, 2.75) is 6.55 Å². The number of rotatable bonds is 4. The molecule has 0 saturated heterocycles. The van der Waals surface area contributed by atoms with Crippen LogP contribution in [-0.2, 0) is 4.79 Å². The minimum Gasteiger partial charge on any atom is -0.285 e. The molecule has 0 saturated carbocycles. The molecule has 1 nitrogen and oxygen atoms in total. The van der Waals surface area contributed by atoms with Gasteiger partial charge in [-0.25, -0.2) is 0 Å². The van der Waals surface area contributed by atoms with Gasteiger partial charge in [-0.1, -0.05) is 42.2 Å². The largest absolute Gasteiger partial charge is 0.285 e. The number of hydrogen-bond donors (Lipinski definition) is 0. The van der Waals surface area contributed by atoms with Crippen molar-refractivity contribution in [3.05, 3.63) is 54.4 Å². The number of carbonyl (C=O) groups excluding carboxylic acids is 1. The van der Waals surface area contributed by atoms with Crippen molar-refractivity contribution >= 4 is 19.5 Å². The number of benzene rings is 1. The molecule has 0 fully saturated rings. The lowest BCUT2D eigenvalue weighted by Gasteiger charge is -2.20. The van der Waals surface area contributed by atoms with Crippen LogP contribution in [0, 0.1) is 0 Å². The first-order valence-corrected chi connectivity index (χ1v) is 7.08. The highest BCUT2D eigenvalue weighted by atomic mass is 28.3. The minimum absolute atomic E-state index is 0.626. The molecule has 1 aromatic rings. The van der Waals surface area contributed by atoms with Gasteiger partial charge in [-0.3, -0.25) is 4.79 Å². The molecule has 0 aromatic heterocycles. The first-order chi connectivity index (χ1) is 6.68. The lowest BCUT2D eigenvalue weighted by molar-refractivity contribution is 0.563. The van der Waals surface area contributed by atoms with Crippen molar-refractivity contribution in [3.8, 4) is 0 Å². The smallest absolute Gasteiger partial charge is 0.233 e. The van der Waals surface area contributed by atoms with Gasteiger partial charge >= 0.3 is 0 Å². The van der Waals surface area contributed by atoms with Crippen LogP contribution in [0.1, 0.15) is 5.56 Å². The van der Waals surface area contributed by atoms with Gasteiger partial charge in [0.25, 0.3) is 0 Å². The fourth-order valence-electron chi connectivity index (χ4n) is 1.35. The predicted octanol–water partition coefficient (Wildman–Crippen LogP) is 1.88. The summed E-state index contributed by atoms with van der Waals surface area (Å²) in [4.78, 5) is 10.7. The minimum atomic E-state index is -1.87. The second-order valence-corrected chi connectivity index (χ2v) is 7.26. The molecule has 14 heavy (non-hydrogen) atoms. The summed E-state index contributed by atoms with van der Waals surface area (Å²) in [5.41, 5.74) is 4.45. The Hall–Kier alpha value is -1.41. The molecule has 2 heteroatoms. The van der Waals surface area contributed by atoms with Crippen LogP contribution in [0.25, 0.3) is 0 Å². The second-order valence-electron chi connectivity index (χ2n) is 3.34. The molecule has 0 atom stereocenters. The third kappa shape index (κ3) is 1.75. The molecule has 0 spiro atoms. The molecule has 0 aliphatic rings. The Morgan fingerprint density at radius 1 is 1.29 bits per heavy atom. The molecular weight excluding hydrogens is 188 g/mol. The van der Waals surface area contributed by atoms with E-state index in [2.05, 4.69) is 19.7 Å². The third-order valence-electron chi connectivity index (χ3n) is 2.47. The first kappa shape index (κ1) is 10.7. The second kappa shape index (κ2) is 4.20. The Kier molecular flexibility index (Phi) is 3.20. The zero-order valence-electron chi connectivity index (χ0n) is 8.29. The third-order valence-corrected chi connectivity index (χ3v) is 5.76. The molecule has 1 rings (SSSR count). The lowest BCUT2D eigenvalue weighted by atomic mass is 10.2. The van der Waals surface area contributed by atoms with Crippen molar-refractivity contribution < 1.29 is 4.79 Å². The van der Waals surface area contributed by atoms with E-state index in [1.807, 2.05) is 35.9 Å². The maximum Gasteiger partial charge on any atom is 0.233 e. The van der Waals surface area contributed by atoms with Gasteiger partial charge in [0.2, 0.25) is 6.29 Å². The molecule has 1 aromatic carbocycles. The molecule has 0 aliphatic heterocycles. The predicted molar refractivity (Wildman–Crippen MR) is 62.9 cm³/mol. The molecule has 0 amide bonds. The summed E-state index contributed by atoms with van der Waals surface area (Å²) in [5.74, 6) is 0. The molecule has 0 N–H and O–H groups in total. The average Bonchev–Trinajstić information content (AvgIpc) is 2.28. The van der Waals surface area contributed by atoms with Crippen LogP contribution in [0.2, 0.25) is 6.55 Å². The zero-order chi connectivity index (χ0) is 10.6. The Morgan fingerprint density at radius 2 is 1.86 bits per heavy atom. The lowest BCUT2D eigenvalue weighted by Crippen LogP contribution is -2.43. The van der Waals surface area contributed by atoms with Crippen molar-refractivity contribution in [1.82, 2.24) is 0 Å². The molecule has 0 heterocycles. The Morgan fingerprint density at radius 3 is 2.36 bits per heavy atom. The van der Waals surface area contributed by atoms with E-state index in [-0.39, 0.29) is 0 Å². The highest BCUT2D eigenvalue weighted by molar-refractivity contribution is 6.99. The van der Waals surface area contributed by atoms with Crippen LogP contribution in [0.5, 0.6) is 0 Å². The summed E-state index contributed by atoms with van der Waals surface area (Å²) < 4.78 is 0. The van der Waals surface area contributed by atoms with Crippen LogP contribution in [0.3, 0.4) is 0 Å². The van der Waals surface area contributed by atoms with Gasteiger partial charge in [-0.2, -0.15) is 0 Å². The quantitative estimate of drug-likeness (QED) is 0.680. The van der Waals surface area contributed by atoms with Gasteiger partial charge in [0, 0.05) is 5.56 Å². The van der Waals surface area contributed by atoms with Crippen molar-refractivity contribution in [1.29, 1.82) is 0 Å². The van der Waals surface area contributed by atoms with E-state index in [9.17, 15) is 4.79 Å². The summed E-state index contributed by atoms with van der Waals surface area (Å²) >= 11 is 0. The summed E-state index contributed by atoms with van der Waals surface area (Å²) in [6, 6.07) is 7.50. The van der Waals surface area contributed by atoms with Crippen LogP contribution in [0.4, 0.5) is 0 Å². The van der Waals surface area contributed by atoms with E-state index >= 15 is 0 Å². The van der Waals surface area contributed by atoms with Crippen LogP contribution < -0.4 is 5.19 Å². The molecule has 0 bridgehead atoms. The van der Waals surface area contributed by atoms with Crippen LogP contribution >= 0.6 is 0 Å². The van der Waals surface area contributed by atoms with E-state index < -0.39 is 8.07 Å². The van der Waals surface area contributed by atoms with Crippen molar-refractivity contribution in [2.24, 2.45) is 0 Å². The topological polar surface area (TPSA) is 17.1 Å². The summed E-state index contributed by atoms with van der Waals surface area (Å²) in [6.45, 7) is 9.73. The SMILES string of the molecule is C=C[Si](C)(C=C)c1ccccc1[C]=O. The maximum atomic E-state index is 10.7. The Balaban J connectivity index is 3.36. The molecule has 71 valence electrons. The van der Waals surface area contributed by atoms with E-state index in [1.54, 1.807) is 6.07 Å². The fourth-order valence-corrected chi connectivity index (χ4v) is 3.12. The van der Waals surface area contributed by atoms with Crippen LogP contribution in [-0.4, -0.2) is 14.4 Å². The monoisotopic (exact) mass is 201 g/mol. The van der Waals surface area contributed by atoms with E-state index in [1.165, 1.54) is 0 Å². The Labute approximate surface area is 85.8 Å². The highest BCUT2D eigenvalue weighted by Gasteiger charge is 2.24. The highest BCUT2D eigenvalue weighted by Crippen LogP contribution is 2.08. The molecular formula is C12H13OSi. The average molecular weight is 201 g/mol. The van der Waals surface area contributed by atoms with Gasteiger partial charge in [0.15, 0.2) is 0 Å². The van der Waals surface area contributed by atoms with Crippen molar-refractivity contribution in [3.63, 3.8) is 0 Å². The maximum absolute atomic E-state index is 10.7. The van der Waals surface area contributed by atoms with E-state index in [0.717, 1.165) is 5.19 Å². The molecule has 0 aliphatic carbocycles. The van der Waals surface area contributed by atoms with Gasteiger partial charge in [-0.15, -0.1) is 13.2 Å². The summed E-state index contributed by atoms with van der Waals surface area (Å²) in [6.07, 6.45) is 1.96. The molecule has 0 unspecified atom stereocenters.